The van der Waals surface area contributed by atoms with E-state index in [1.165, 1.54) is 0 Å². The van der Waals surface area contributed by atoms with Crippen LogP contribution in [0.25, 0.3) is 16.8 Å². The number of aliphatic hydroxyl groups is 1. The predicted octanol–water partition coefficient (Wildman–Crippen LogP) is 6.48. The van der Waals surface area contributed by atoms with Gasteiger partial charge in [0.05, 0.1) is 30.1 Å². The fourth-order valence-corrected chi connectivity index (χ4v) is 6.57. The number of ether oxygens (including phenoxy) is 2. The Kier molecular flexibility index (Phi) is 10.1. The van der Waals surface area contributed by atoms with Crippen LogP contribution in [0, 0.1) is 0 Å². The molecule has 1 saturated heterocycles. The summed E-state index contributed by atoms with van der Waals surface area (Å²) in [6.07, 6.45) is 2.91. The van der Waals surface area contributed by atoms with Gasteiger partial charge in [0, 0.05) is 36.7 Å². The number of tetrazole rings is 1. The molecule has 1 aliphatic rings. The number of rotatable bonds is 11. The summed E-state index contributed by atoms with van der Waals surface area (Å²) < 4.78 is 14.9. The summed E-state index contributed by atoms with van der Waals surface area (Å²) in [6, 6.07) is 37.5. The summed E-state index contributed by atoms with van der Waals surface area (Å²) >= 11 is 1.54. The molecule has 2 aromatic heterocycles. The third kappa shape index (κ3) is 7.93. The zero-order valence-electron chi connectivity index (χ0n) is 26.5. The third-order valence-corrected chi connectivity index (χ3v) is 9.33. The first-order valence-corrected chi connectivity index (χ1v) is 17.0. The topological polar surface area (TPSA) is 124 Å². The van der Waals surface area contributed by atoms with Crippen LogP contribution < -0.4 is 5.32 Å². The van der Waals surface area contributed by atoms with Crippen LogP contribution >= 0.6 is 11.8 Å². The Morgan fingerprint density at radius 1 is 0.857 bits per heavy atom. The highest BCUT2D eigenvalue weighted by Crippen LogP contribution is 2.40. The number of aromatic nitrogens is 5. The number of hydrogen-bond acceptors (Lipinski definition) is 9. The Morgan fingerprint density at radius 2 is 1.67 bits per heavy atom. The van der Waals surface area contributed by atoms with E-state index >= 15 is 0 Å². The molecule has 0 aliphatic carbocycles. The molecule has 49 heavy (non-hydrogen) atoms. The maximum atomic E-state index is 12.5. The fraction of sp³-hybridized carbons (Fsp3) is 0.184. The van der Waals surface area contributed by atoms with E-state index in [9.17, 15) is 9.90 Å². The van der Waals surface area contributed by atoms with E-state index in [2.05, 4.69) is 50.1 Å². The van der Waals surface area contributed by atoms with Crippen molar-refractivity contribution in [3.8, 4) is 16.8 Å². The van der Waals surface area contributed by atoms with E-state index in [0.717, 1.165) is 39.1 Å². The quantitative estimate of drug-likeness (QED) is 0.149. The van der Waals surface area contributed by atoms with Crippen molar-refractivity contribution in [3.63, 3.8) is 0 Å². The van der Waals surface area contributed by atoms with E-state index in [1.807, 2.05) is 78.9 Å². The minimum atomic E-state index is -0.588. The SMILES string of the molecule is O=C(NCc1cccc(-c2ccc(C3OC(CSc4nnnn4-c4ccccc4)CC(c4ccc(CO)cc4)O3)cc2)c1)c1cccnc1. The van der Waals surface area contributed by atoms with Gasteiger partial charge in [-0.1, -0.05) is 96.7 Å². The molecule has 1 fully saturated rings. The molecule has 246 valence electrons. The average Bonchev–Trinajstić information content (AvgIpc) is 3.66. The number of nitrogens with one attached hydrogen (secondary N) is 1. The van der Waals surface area contributed by atoms with Crippen molar-refractivity contribution >= 4 is 17.7 Å². The van der Waals surface area contributed by atoms with Crippen molar-refractivity contribution in [2.45, 2.75) is 43.2 Å². The number of aliphatic hydroxyl groups excluding tert-OH is 1. The Hall–Kier alpha value is -5.20. The van der Waals surface area contributed by atoms with Crippen molar-refractivity contribution in [2.24, 2.45) is 0 Å². The molecule has 0 radical (unpaired) electrons. The van der Waals surface area contributed by atoms with Crippen LogP contribution in [-0.2, 0) is 22.6 Å². The van der Waals surface area contributed by atoms with Crippen molar-refractivity contribution in [2.75, 3.05) is 5.75 Å². The number of thioether (sulfide) groups is 1. The Morgan fingerprint density at radius 3 is 2.45 bits per heavy atom. The molecule has 11 heteroatoms. The highest BCUT2D eigenvalue weighted by molar-refractivity contribution is 7.99. The molecule has 2 N–H and O–H groups in total. The van der Waals surface area contributed by atoms with E-state index in [-0.39, 0.29) is 24.7 Å². The lowest BCUT2D eigenvalue weighted by atomic mass is 9.99. The van der Waals surface area contributed by atoms with Crippen molar-refractivity contribution < 1.29 is 19.4 Å². The molecule has 0 bridgehead atoms. The lowest BCUT2D eigenvalue weighted by molar-refractivity contribution is -0.245. The molecule has 1 amide bonds. The van der Waals surface area contributed by atoms with Crippen molar-refractivity contribution in [1.29, 1.82) is 0 Å². The van der Waals surface area contributed by atoms with Crippen LogP contribution in [0.15, 0.2) is 133 Å². The second-order valence-corrected chi connectivity index (χ2v) is 12.6. The maximum absolute atomic E-state index is 12.5. The normalized spacial score (nSPS) is 17.4. The minimum Gasteiger partial charge on any atom is -0.392 e. The number of hydrogen-bond donors (Lipinski definition) is 2. The molecule has 7 rings (SSSR count). The molecule has 0 saturated carbocycles. The summed E-state index contributed by atoms with van der Waals surface area (Å²) in [5.74, 6) is 0.463. The lowest BCUT2D eigenvalue weighted by Crippen LogP contribution is -2.31. The fourth-order valence-electron chi connectivity index (χ4n) is 5.67. The number of carbonyl (C=O) groups is 1. The summed E-state index contributed by atoms with van der Waals surface area (Å²) in [5.41, 5.74) is 7.27. The van der Waals surface area contributed by atoms with Gasteiger partial charge in [0.15, 0.2) is 6.29 Å². The first kappa shape index (κ1) is 32.4. The van der Waals surface area contributed by atoms with Gasteiger partial charge in [-0.3, -0.25) is 9.78 Å². The van der Waals surface area contributed by atoms with Gasteiger partial charge in [-0.25, -0.2) is 0 Å². The van der Waals surface area contributed by atoms with E-state index in [0.29, 0.717) is 29.4 Å². The van der Waals surface area contributed by atoms with Gasteiger partial charge in [-0.15, -0.1) is 5.10 Å². The number of benzene rings is 4. The largest absolute Gasteiger partial charge is 0.392 e. The standard InChI is InChI=1S/C38H34N6O4S/c45-24-26-11-13-29(14-12-26)35-21-34(25-49-38-41-42-43-44(38)33-9-2-1-3-10-33)47-37(48-35)30-17-15-28(16-18-30)31-7-4-6-27(20-31)22-40-36(46)32-8-5-19-39-23-32/h1-20,23,34-35,37,45H,21-22,24-25H2,(H,40,46). The van der Waals surface area contributed by atoms with Crippen molar-refractivity contribution in [1.82, 2.24) is 30.5 Å². The van der Waals surface area contributed by atoms with E-state index < -0.39 is 6.29 Å². The Balaban J connectivity index is 1.06. The highest BCUT2D eigenvalue weighted by Gasteiger charge is 2.32. The van der Waals surface area contributed by atoms with Gasteiger partial charge >= 0.3 is 0 Å². The van der Waals surface area contributed by atoms with Crippen LogP contribution in [0.2, 0.25) is 0 Å². The van der Waals surface area contributed by atoms with Crippen LogP contribution in [0.1, 0.15) is 51.4 Å². The van der Waals surface area contributed by atoms with Gasteiger partial charge in [0.25, 0.3) is 5.91 Å². The average molecular weight is 671 g/mol. The summed E-state index contributed by atoms with van der Waals surface area (Å²) in [4.78, 5) is 16.5. The van der Waals surface area contributed by atoms with Crippen LogP contribution in [0.5, 0.6) is 0 Å². The zero-order valence-corrected chi connectivity index (χ0v) is 27.3. The first-order chi connectivity index (χ1) is 24.1. The van der Waals surface area contributed by atoms with Gasteiger partial charge in [0.2, 0.25) is 5.16 Å². The highest BCUT2D eigenvalue weighted by atomic mass is 32.2. The summed E-state index contributed by atoms with van der Waals surface area (Å²) in [5, 5.41) is 25.6. The van der Waals surface area contributed by atoms with Gasteiger partial charge in [-0.2, -0.15) is 4.68 Å². The molecule has 10 nitrogen and oxygen atoms in total. The molecule has 4 aromatic carbocycles. The number of amides is 1. The minimum absolute atomic E-state index is 0.0117. The second kappa shape index (κ2) is 15.3. The molecule has 0 spiro atoms. The summed E-state index contributed by atoms with van der Waals surface area (Å²) in [7, 11) is 0. The van der Waals surface area contributed by atoms with Gasteiger partial charge < -0.3 is 19.9 Å². The lowest BCUT2D eigenvalue weighted by Gasteiger charge is -2.36. The predicted molar refractivity (Wildman–Crippen MR) is 186 cm³/mol. The molecule has 3 heterocycles. The maximum Gasteiger partial charge on any atom is 0.253 e. The smallest absolute Gasteiger partial charge is 0.253 e. The second-order valence-electron chi connectivity index (χ2n) is 11.6. The molecular weight excluding hydrogens is 637 g/mol. The number of para-hydroxylation sites is 1. The van der Waals surface area contributed by atoms with E-state index in [1.54, 1.807) is 41.0 Å². The van der Waals surface area contributed by atoms with E-state index in [4.69, 9.17) is 9.47 Å². The van der Waals surface area contributed by atoms with Crippen LogP contribution in [0.4, 0.5) is 0 Å². The molecular formula is C38H34N6O4S. The Labute approximate surface area is 288 Å². The van der Waals surface area contributed by atoms with Crippen LogP contribution in [-0.4, -0.2) is 48.1 Å². The summed E-state index contributed by atoms with van der Waals surface area (Å²) in [6.45, 7) is 0.392. The molecule has 6 aromatic rings. The Bertz CT molecular complexity index is 1970. The van der Waals surface area contributed by atoms with Crippen LogP contribution in [0.3, 0.4) is 0 Å². The van der Waals surface area contributed by atoms with Crippen molar-refractivity contribution in [3.05, 3.63) is 155 Å². The monoisotopic (exact) mass is 670 g/mol. The number of carbonyl (C=O) groups excluding carboxylic acids is 1. The first-order valence-electron chi connectivity index (χ1n) is 16.0. The van der Waals surface area contributed by atoms with Gasteiger partial charge in [-0.05, 0) is 68.6 Å². The zero-order chi connectivity index (χ0) is 33.4. The third-order valence-electron chi connectivity index (χ3n) is 8.27. The van der Waals surface area contributed by atoms with Gasteiger partial charge in [0.1, 0.15) is 0 Å². The number of nitrogens with zero attached hydrogens (tertiary/aromatic N) is 5. The molecule has 3 atom stereocenters. The number of pyridine rings is 1. The molecule has 1 aliphatic heterocycles. The molecule has 3 unspecified atom stereocenters.